The molecule has 1 N–H and O–H groups in total. The van der Waals surface area contributed by atoms with Crippen molar-refractivity contribution in [2.75, 3.05) is 20.3 Å². The van der Waals surface area contributed by atoms with Gasteiger partial charge in [0, 0.05) is 25.2 Å². The standard InChI is InChI=1S/C16H17Cl2NO2/c1-20-9-8-19-11-12-6-7-13(10-15(12)18)21-16-5-3-2-4-14(16)17/h2-7,10,19H,8-9,11H2,1H3. The third kappa shape index (κ3) is 4.90. The van der Waals surface area contributed by atoms with Gasteiger partial charge < -0.3 is 14.8 Å². The molecule has 0 heterocycles. The minimum atomic E-state index is 0.568. The van der Waals surface area contributed by atoms with Crippen molar-refractivity contribution >= 4 is 23.2 Å². The van der Waals surface area contributed by atoms with Crippen LogP contribution in [0.25, 0.3) is 0 Å². The van der Waals surface area contributed by atoms with Gasteiger partial charge in [0.15, 0.2) is 0 Å². The van der Waals surface area contributed by atoms with Crippen molar-refractivity contribution in [1.82, 2.24) is 5.32 Å². The molecule has 0 aliphatic heterocycles. The molecule has 0 fully saturated rings. The van der Waals surface area contributed by atoms with Crippen molar-refractivity contribution in [1.29, 1.82) is 0 Å². The number of rotatable bonds is 7. The summed E-state index contributed by atoms with van der Waals surface area (Å²) >= 11 is 12.3. The molecule has 0 saturated heterocycles. The number of benzene rings is 2. The fraction of sp³-hybridized carbons (Fsp3) is 0.250. The lowest BCUT2D eigenvalue weighted by Gasteiger charge is -2.10. The van der Waals surface area contributed by atoms with Crippen molar-refractivity contribution in [3.8, 4) is 11.5 Å². The fourth-order valence-corrected chi connectivity index (χ4v) is 2.20. The highest BCUT2D eigenvalue weighted by Gasteiger charge is 2.05. The van der Waals surface area contributed by atoms with Gasteiger partial charge in [0.25, 0.3) is 0 Å². The lowest BCUT2D eigenvalue weighted by Crippen LogP contribution is -2.18. The van der Waals surface area contributed by atoms with Crippen molar-refractivity contribution in [3.05, 3.63) is 58.1 Å². The van der Waals surface area contributed by atoms with E-state index >= 15 is 0 Å². The molecule has 0 atom stereocenters. The maximum atomic E-state index is 6.26. The Kier molecular flexibility index (Phi) is 6.33. The highest BCUT2D eigenvalue weighted by Crippen LogP contribution is 2.31. The summed E-state index contributed by atoms with van der Waals surface area (Å²) in [5.74, 6) is 1.27. The van der Waals surface area contributed by atoms with E-state index in [9.17, 15) is 0 Å². The molecule has 0 bridgehead atoms. The summed E-state index contributed by atoms with van der Waals surface area (Å²) in [7, 11) is 1.68. The van der Waals surface area contributed by atoms with Gasteiger partial charge in [-0.3, -0.25) is 0 Å². The second-order valence-corrected chi connectivity index (χ2v) is 5.27. The molecule has 0 saturated carbocycles. The monoisotopic (exact) mass is 325 g/mol. The molecule has 0 aromatic heterocycles. The molecule has 5 heteroatoms. The largest absolute Gasteiger partial charge is 0.456 e. The lowest BCUT2D eigenvalue weighted by atomic mass is 10.2. The van der Waals surface area contributed by atoms with E-state index in [1.165, 1.54) is 0 Å². The molecule has 2 aromatic carbocycles. The van der Waals surface area contributed by atoms with Crippen molar-refractivity contribution in [2.45, 2.75) is 6.54 Å². The van der Waals surface area contributed by atoms with Crippen molar-refractivity contribution in [3.63, 3.8) is 0 Å². The number of hydrogen-bond donors (Lipinski definition) is 1. The van der Waals surface area contributed by atoms with Gasteiger partial charge in [-0.2, -0.15) is 0 Å². The highest BCUT2D eigenvalue weighted by molar-refractivity contribution is 6.32. The second kappa shape index (κ2) is 8.25. The Hall–Kier alpha value is -1.26. The Morgan fingerprint density at radius 3 is 2.57 bits per heavy atom. The Morgan fingerprint density at radius 2 is 1.86 bits per heavy atom. The van der Waals surface area contributed by atoms with E-state index in [1.807, 2.05) is 30.3 Å². The van der Waals surface area contributed by atoms with Crippen LogP contribution in [0.1, 0.15) is 5.56 Å². The Bertz CT molecular complexity index is 590. The van der Waals surface area contributed by atoms with Gasteiger partial charge in [0.05, 0.1) is 11.6 Å². The van der Waals surface area contributed by atoms with Gasteiger partial charge in [0.1, 0.15) is 11.5 Å². The van der Waals surface area contributed by atoms with Crippen LogP contribution < -0.4 is 10.1 Å². The second-order valence-electron chi connectivity index (χ2n) is 4.46. The average Bonchev–Trinajstić information content (AvgIpc) is 2.48. The number of nitrogens with one attached hydrogen (secondary N) is 1. The predicted octanol–water partition coefficient (Wildman–Crippen LogP) is 4.52. The summed E-state index contributed by atoms with van der Waals surface area (Å²) in [6.07, 6.45) is 0. The molecular weight excluding hydrogens is 309 g/mol. The van der Waals surface area contributed by atoms with Crippen LogP contribution in [0.5, 0.6) is 11.5 Å². The maximum Gasteiger partial charge on any atom is 0.146 e. The zero-order chi connectivity index (χ0) is 15.1. The molecule has 0 aliphatic rings. The summed E-state index contributed by atoms with van der Waals surface area (Å²) in [5, 5.41) is 4.48. The molecule has 0 amide bonds. The molecule has 2 aromatic rings. The van der Waals surface area contributed by atoms with E-state index in [2.05, 4.69) is 5.32 Å². The van der Waals surface area contributed by atoms with Gasteiger partial charge in [-0.25, -0.2) is 0 Å². The van der Waals surface area contributed by atoms with Gasteiger partial charge in [-0.15, -0.1) is 0 Å². The van der Waals surface area contributed by atoms with E-state index in [-0.39, 0.29) is 0 Å². The maximum absolute atomic E-state index is 6.26. The average molecular weight is 326 g/mol. The summed E-state index contributed by atoms with van der Waals surface area (Å²) in [6, 6.07) is 12.9. The Morgan fingerprint density at radius 1 is 1.05 bits per heavy atom. The molecule has 112 valence electrons. The third-order valence-electron chi connectivity index (χ3n) is 2.89. The molecule has 3 nitrogen and oxygen atoms in total. The quantitative estimate of drug-likeness (QED) is 0.759. The first-order chi connectivity index (χ1) is 10.2. The van der Waals surface area contributed by atoms with Crippen LogP contribution in [-0.2, 0) is 11.3 Å². The number of halogens is 2. The Labute approximate surface area is 134 Å². The summed E-state index contributed by atoms with van der Waals surface area (Å²) in [4.78, 5) is 0. The number of para-hydroxylation sites is 1. The zero-order valence-electron chi connectivity index (χ0n) is 11.7. The fourth-order valence-electron chi connectivity index (χ4n) is 1.79. The smallest absolute Gasteiger partial charge is 0.146 e. The van der Waals surface area contributed by atoms with Gasteiger partial charge in [-0.05, 0) is 29.8 Å². The van der Waals surface area contributed by atoms with Crippen LogP contribution in [0, 0.1) is 0 Å². The molecule has 2 rings (SSSR count). The Balaban J connectivity index is 2.00. The van der Waals surface area contributed by atoms with Crippen LogP contribution in [0.2, 0.25) is 10.0 Å². The normalized spacial score (nSPS) is 10.6. The van der Waals surface area contributed by atoms with E-state index in [0.29, 0.717) is 34.7 Å². The third-order valence-corrected chi connectivity index (χ3v) is 3.55. The summed E-state index contributed by atoms with van der Waals surface area (Å²) in [5.41, 5.74) is 1.01. The molecule has 0 spiro atoms. The van der Waals surface area contributed by atoms with Crippen LogP contribution in [0.15, 0.2) is 42.5 Å². The first-order valence-corrected chi connectivity index (χ1v) is 7.37. The van der Waals surface area contributed by atoms with Crippen molar-refractivity contribution < 1.29 is 9.47 Å². The number of ether oxygens (including phenoxy) is 2. The topological polar surface area (TPSA) is 30.5 Å². The van der Waals surface area contributed by atoms with Gasteiger partial charge in [-0.1, -0.05) is 41.4 Å². The van der Waals surface area contributed by atoms with Crippen molar-refractivity contribution in [2.24, 2.45) is 0 Å². The number of hydrogen-bond acceptors (Lipinski definition) is 3. The minimum Gasteiger partial charge on any atom is -0.456 e. The van der Waals surface area contributed by atoms with Crippen LogP contribution in [-0.4, -0.2) is 20.3 Å². The number of methoxy groups -OCH3 is 1. The summed E-state index contributed by atoms with van der Waals surface area (Å²) in [6.45, 7) is 2.14. The van der Waals surface area contributed by atoms with Crippen LogP contribution in [0.3, 0.4) is 0 Å². The van der Waals surface area contributed by atoms with E-state index in [1.54, 1.807) is 19.2 Å². The molecule has 0 unspecified atom stereocenters. The van der Waals surface area contributed by atoms with Crippen LogP contribution >= 0.6 is 23.2 Å². The molecular formula is C16H17Cl2NO2. The summed E-state index contributed by atoms with van der Waals surface area (Å²) < 4.78 is 10.7. The molecule has 0 aliphatic carbocycles. The van der Waals surface area contributed by atoms with Crippen LogP contribution in [0.4, 0.5) is 0 Å². The van der Waals surface area contributed by atoms with E-state index in [4.69, 9.17) is 32.7 Å². The lowest BCUT2D eigenvalue weighted by molar-refractivity contribution is 0.199. The molecule has 0 radical (unpaired) electrons. The SMILES string of the molecule is COCCNCc1ccc(Oc2ccccc2Cl)cc1Cl. The van der Waals surface area contributed by atoms with E-state index < -0.39 is 0 Å². The predicted molar refractivity (Wildman–Crippen MR) is 86.6 cm³/mol. The minimum absolute atomic E-state index is 0.568. The van der Waals surface area contributed by atoms with E-state index in [0.717, 1.165) is 12.1 Å². The highest BCUT2D eigenvalue weighted by atomic mass is 35.5. The first-order valence-electron chi connectivity index (χ1n) is 6.61. The zero-order valence-corrected chi connectivity index (χ0v) is 13.2. The first kappa shape index (κ1) is 16.1. The molecule has 21 heavy (non-hydrogen) atoms. The van der Waals surface area contributed by atoms with Gasteiger partial charge >= 0.3 is 0 Å². The van der Waals surface area contributed by atoms with Gasteiger partial charge in [0.2, 0.25) is 0 Å².